The summed E-state index contributed by atoms with van der Waals surface area (Å²) in [6, 6.07) is 5.55. The number of amides is 1. The van der Waals surface area contributed by atoms with E-state index < -0.39 is 6.09 Å². The summed E-state index contributed by atoms with van der Waals surface area (Å²) in [5.74, 6) is 1.75. The fourth-order valence-electron chi connectivity index (χ4n) is 3.49. The molecule has 0 aliphatic carbocycles. The van der Waals surface area contributed by atoms with E-state index in [4.69, 9.17) is 20.7 Å². The average molecular weight is 359 g/mol. The number of benzene rings is 1. The van der Waals surface area contributed by atoms with Gasteiger partial charge in [0.05, 0.1) is 5.56 Å². The zero-order valence-electron chi connectivity index (χ0n) is 15.0. The van der Waals surface area contributed by atoms with Gasteiger partial charge in [-0.2, -0.15) is 4.98 Å². The van der Waals surface area contributed by atoms with E-state index in [1.54, 1.807) is 13.0 Å². The van der Waals surface area contributed by atoms with Gasteiger partial charge in [0, 0.05) is 13.1 Å². The summed E-state index contributed by atoms with van der Waals surface area (Å²) >= 11 is 0. The molecule has 1 aromatic carbocycles. The summed E-state index contributed by atoms with van der Waals surface area (Å²) in [7, 11) is 0. The first-order chi connectivity index (χ1) is 12.6. The molecule has 0 unspecified atom stereocenters. The number of carbonyl (C=O) groups excluding carboxylic acids is 1. The molecule has 1 aliphatic rings. The van der Waals surface area contributed by atoms with Crippen molar-refractivity contribution in [1.29, 1.82) is 0 Å². The molecule has 140 valence electrons. The molecule has 0 spiro atoms. The Bertz CT molecular complexity index is 753. The van der Waals surface area contributed by atoms with Gasteiger partial charge in [-0.05, 0) is 56.8 Å². The second-order valence-corrected chi connectivity index (χ2v) is 6.64. The van der Waals surface area contributed by atoms with E-state index in [-0.39, 0.29) is 0 Å². The van der Waals surface area contributed by atoms with Crippen molar-refractivity contribution in [2.75, 3.05) is 26.2 Å². The van der Waals surface area contributed by atoms with Gasteiger partial charge >= 0.3 is 6.09 Å². The lowest BCUT2D eigenvalue weighted by Gasteiger charge is -2.31. The number of hydrogen-bond donors (Lipinski definition) is 2. The molecule has 0 radical (unpaired) electrons. The van der Waals surface area contributed by atoms with Crippen molar-refractivity contribution in [3.05, 3.63) is 29.6 Å². The Kier molecular flexibility index (Phi) is 5.85. The fourth-order valence-corrected chi connectivity index (χ4v) is 3.49. The third-order valence-electron chi connectivity index (χ3n) is 4.73. The van der Waals surface area contributed by atoms with E-state index in [9.17, 15) is 4.79 Å². The van der Waals surface area contributed by atoms with E-state index >= 15 is 0 Å². The topological polar surface area (TPSA) is 121 Å². The highest BCUT2D eigenvalue weighted by Gasteiger charge is 2.24. The third kappa shape index (κ3) is 4.39. The van der Waals surface area contributed by atoms with Gasteiger partial charge in [0.15, 0.2) is 5.82 Å². The minimum Gasteiger partial charge on any atom is -0.410 e. The molecule has 0 atom stereocenters. The molecule has 0 bridgehead atoms. The lowest BCUT2D eigenvalue weighted by atomic mass is 9.88. The number of primary amides is 1. The van der Waals surface area contributed by atoms with Crippen LogP contribution in [0.25, 0.3) is 11.5 Å². The molecular weight excluding hydrogens is 334 g/mol. The number of aryl methyl sites for hydroxylation is 1. The Morgan fingerprint density at radius 3 is 2.77 bits per heavy atom. The predicted octanol–water partition coefficient (Wildman–Crippen LogP) is 1.72. The lowest BCUT2D eigenvalue weighted by molar-refractivity contribution is 0.188. The fraction of sp³-hybridized carbons (Fsp3) is 0.500. The Labute approximate surface area is 152 Å². The molecule has 3 rings (SSSR count). The van der Waals surface area contributed by atoms with E-state index in [0.717, 1.165) is 44.5 Å². The van der Waals surface area contributed by atoms with Crippen LogP contribution in [0.4, 0.5) is 4.79 Å². The number of aromatic nitrogens is 2. The van der Waals surface area contributed by atoms with Gasteiger partial charge < -0.3 is 25.6 Å². The van der Waals surface area contributed by atoms with Gasteiger partial charge in [-0.15, -0.1) is 0 Å². The number of piperidine rings is 1. The van der Waals surface area contributed by atoms with Crippen LogP contribution in [-0.4, -0.2) is 47.3 Å². The molecule has 2 aromatic rings. The van der Waals surface area contributed by atoms with Crippen LogP contribution in [0.5, 0.6) is 5.75 Å². The molecule has 1 fully saturated rings. The van der Waals surface area contributed by atoms with Crippen molar-refractivity contribution in [3.8, 4) is 17.2 Å². The van der Waals surface area contributed by atoms with Gasteiger partial charge in [-0.1, -0.05) is 17.3 Å². The normalized spacial score (nSPS) is 15.9. The molecule has 26 heavy (non-hydrogen) atoms. The van der Waals surface area contributed by atoms with Crippen LogP contribution in [0.2, 0.25) is 0 Å². The Hall–Kier alpha value is -2.45. The maximum absolute atomic E-state index is 11.3. The van der Waals surface area contributed by atoms with Gasteiger partial charge in [0.2, 0.25) is 0 Å². The number of rotatable bonds is 6. The SMILES string of the molecule is Cc1noc(-c2c(CC3CCN(CCN)CC3)cccc2OC(N)=O)n1. The smallest absolute Gasteiger partial charge is 0.409 e. The van der Waals surface area contributed by atoms with Crippen molar-refractivity contribution in [2.24, 2.45) is 17.4 Å². The van der Waals surface area contributed by atoms with Crippen LogP contribution in [0.1, 0.15) is 24.2 Å². The summed E-state index contributed by atoms with van der Waals surface area (Å²) in [5.41, 5.74) is 12.5. The van der Waals surface area contributed by atoms with Crippen molar-refractivity contribution in [2.45, 2.75) is 26.2 Å². The first-order valence-electron chi connectivity index (χ1n) is 8.89. The largest absolute Gasteiger partial charge is 0.410 e. The molecular formula is C18H25N5O3. The number of carbonyl (C=O) groups is 1. The van der Waals surface area contributed by atoms with Crippen molar-refractivity contribution in [1.82, 2.24) is 15.0 Å². The highest BCUT2D eigenvalue weighted by Crippen LogP contribution is 2.35. The number of likely N-dealkylation sites (tertiary alicyclic amines) is 1. The molecule has 2 heterocycles. The Balaban J connectivity index is 1.83. The molecule has 1 aliphatic heterocycles. The van der Waals surface area contributed by atoms with Crippen LogP contribution in [-0.2, 0) is 6.42 Å². The second-order valence-electron chi connectivity index (χ2n) is 6.64. The van der Waals surface area contributed by atoms with Crippen LogP contribution in [0.3, 0.4) is 0 Å². The van der Waals surface area contributed by atoms with Crippen molar-refractivity contribution in [3.63, 3.8) is 0 Å². The zero-order valence-corrected chi connectivity index (χ0v) is 15.0. The zero-order chi connectivity index (χ0) is 18.5. The van der Waals surface area contributed by atoms with Gasteiger partial charge in [-0.3, -0.25) is 0 Å². The summed E-state index contributed by atoms with van der Waals surface area (Å²) < 4.78 is 10.5. The van der Waals surface area contributed by atoms with Gasteiger partial charge in [0.25, 0.3) is 5.89 Å². The molecule has 1 amide bonds. The molecule has 0 saturated carbocycles. The lowest BCUT2D eigenvalue weighted by Crippen LogP contribution is -2.37. The number of hydrogen-bond acceptors (Lipinski definition) is 7. The van der Waals surface area contributed by atoms with E-state index in [1.165, 1.54) is 0 Å². The first-order valence-corrected chi connectivity index (χ1v) is 8.89. The highest BCUT2D eigenvalue weighted by molar-refractivity contribution is 5.75. The maximum atomic E-state index is 11.3. The maximum Gasteiger partial charge on any atom is 0.409 e. The van der Waals surface area contributed by atoms with Crippen LogP contribution < -0.4 is 16.2 Å². The molecule has 8 heteroatoms. The number of nitrogens with zero attached hydrogens (tertiary/aromatic N) is 3. The predicted molar refractivity (Wildman–Crippen MR) is 96.6 cm³/mol. The summed E-state index contributed by atoms with van der Waals surface area (Å²) in [6.07, 6.45) is 2.19. The summed E-state index contributed by atoms with van der Waals surface area (Å²) in [4.78, 5) is 18.0. The van der Waals surface area contributed by atoms with Crippen LogP contribution in [0, 0.1) is 12.8 Å². The molecule has 4 N–H and O–H groups in total. The molecule has 1 saturated heterocycles. The van der Waals surface area contributed by atoms with Gasteiger partial charge in [0.1, 0.15) is 5.75 Å². The molecule has 8 nitrogen and oxygen atoms in total. The monoisotopic (exact) mass is 359 g/mol. The average Bonchev–Trinajstić information content (AvgIpc) is 3.02. The highest BCUT2D eigenvalue weighted by atomic mass is 16.5. The molecule has 1 aromatic heterocycles. The van der Waals surface area contributed by atoms with Gasteiger partial charge in [-0.25, -0.2) is 4.79 Å². The second kappa shape index (κ2) is 8.29. The third-order valence-corrected chi connectivity index (χ3v) is 4.73. The Morgan fingerprint density at radius 1 is 1.38 bits per heavy atom. The minimum atomic E-state index is -0.866. The van der Waals surface area contributed by atoms with Crippen LogP contribution in [0.15, 0.2) is 22.7 Å². The van der Waals surface area contributed by atoms with Crippen molar-refractivity contribution < 1.29 is 14.1 Å². The van der Waals surface area contributed by atoms with Crippen LogP contribution >= 0.6 is 0 Å². The quantitative estimate of drug-likeness (QED) is 0.805. The summed E-state index contributed by atoms with van der Waals surface area (Å²) in [6.45, 7) is 5.49. The van der Waals surface area contributed by atoms with Crippen molar-refractivity contribution >= 4 is 6.09 Å². The van der Waals surface area contributed by atoms with E-state index in [1.807, 2.05) is 12.1 Å². The first kappa shape index (κ1) is 18.3. The van der Waals surface area contributed by atoms with E-state index in [2.05, 4.69) is 15.0 Å². The summed E-state index contributed by atoms with van der Waals surface area (Å²) in [5, 5.41) is 3.86. The Morgan fingerprint density at radius 2 is 2.15 bits per heavy atom. The minimum absolute atomic E-state index is 0.343. The van der Waals surface area contributed by atoms with E-state index in [0.29, 0.717) is 35.5 Å². The standard InChI is InChI=1S/C18H25N5O3/c1-12-21-17(26-22-12)16-14(3-2-4-15(16)25-18(20)24)11-13-5-8-23(9-6-13)10-7-19/h2-4,13H,5-11,19H2,1H3,(H2,20,24). The number of nitrogens with two attached hydrogens (primary N) is 2. The number of ether oxygens (including phenoxy) is 1.